The lowest BCUT2D eigenvalue weighted by atomic mass is 9.87. The Balaban J connectivity index is 2.01. The normalized spacial score (nSPS) is 10.8. The molecule has 4 rings (SSSR count). The van der Waals surface area contributed by atoms with Crippen molar-refractivity contribution in [1.29, 1.82) is 0 Å². The van der Waals surface area contributed by atoms with Crippen molar-refractivity contribution in [1.82, 2.24) is 0 Å². The van der Waals surface area contributed by atoms with Gasteiger partial charge in [0.25, 0.3) is 0 Å². The van der Waals surface area contributed by atoms with Gasteiger partial charge >= 0.3 is 0 Å². The number of rotatable bonds is 4. The first-order valence-corrected chi connectivity index (χ1v) is 8.94. The summed E-state index contributed by atoms with van der Waals surface area (Å²) in [5.41, 5.74) is 5.70. The Bertz CT molecular complexity index is 1080. The summed E-state index contributed by atoms with van der Waals surface area (Å²) in [6.07, 6.45) is 0. The Kier molecular flexibility index (Phi) is 4.55. The van der Waals surface area contributed by atoms with E-state index in [1.165, 1.54) is 16.3 Å². The standard InChI is InChI=1S/C25H21O2/c1-17-16-24(18-8-12-20(26-2)13-9-18)25(23-7-5-4-6-22(17)23)19-10-14-21(27-3)15-11-19/h4-15H,1-3H3. The molecule has 4 aromatic rings. The van der Waals surface area contributed by atoms with E-state index < -0.39 is 0 Å². The van der Waals surface area contributed by atoms with Crippen LogP contribution in [-0.2, 0) is 0 Å². The summed E-state index contributed by atoms with van der Waals surface area (Å²) in [6, 6.07) is 28.5. The fourth-order valence-corrected chi connectivity index (χ4v) is 3.51. The van der Waals surface area contributed by atoms with E-state index in [0.29, 0.717) is 0 Å². The molecule has 1 radical (unpaired) electrons. The van der Waals surface area contributed by atoms with Gasteiger partial charge in [-0.1, -0.05) is 48.5 Å². The van der Waals surface area contributed by atoms with Crippen LogP contribution in [0.3, 0.4) is 0 Å². The summed E-state index contributed by atoms with van der Waals surface area (Å²) in [7, 11) is 3.37. The molecule has 0 heterocycles. The SMILES string of the molecule is COc1ccc(-c2[c]c(C)c3ccccc3c2-c2ccc(OC)cc2)cc1. The van der Waals surface area contributed by atoms with Crippen LogP contribution in [0.15, 0.2) is 72.8 Å². The van der Waals surface area contributed by atoms with Crippen LogP contribution < -0.4 is 9.47 Å². The lowest BCUT2D eigenvalue weighted by Crippen LogP contribution is -1.92. The Morgan fingerprint density at radius 2 is 1.15 bits per heavy atom. The van der Waals surface area contributed by atoms with Gasteiger partial charge in [0, 0.05) is 0 Å². The zero-order chi connectivity index (χ0) is 18.8. The Morgan fingerprint density at radius 1 is 0.630 bits per heavy atom. The van der Waals surface area contributed by atoms with E-state index in [1.807, 2.05) is 24.3 Å². The van der Waals surface area contributed by atoms with Crippen LogP contribution in [0.1, 0.15) is 5.56 Å². The van der Waals surface area contributed by atoms with Crippen molar-refractivity contribution >= 4 is 10.8 Å². The molecule has 2 nitrogen and oxygen atoms in total. The highest BCUT2D eigenvalue weighted by Gasteiger charge is 2.14. The minimum atomic E-state index is 0.849. The van der Waals surface area contributed by atoms with Gasteiger partial charge in [0.05, 0.1) is 14.2 Å². The second-order valence-corrected chi connectivity index (χ2v) is 6.50. The lowest BCUT2D eigenvalue weighted by Gasteiger charge is -2.16. The molecule has 0 unspecified atom stereocenters. The van der Waals surface area contributed by atoms with Crippen molar-refractivity contribution in [2.75, 3.05) is 14.2 Å². The molecular weight excluding hydrogens is 332 g/mol. The molecule has 0 aromatic heterocycles. The van der Waals surface area contributed by atoms with Crippen molar-refractivity contribution in [2.24, 2.45) is 0 Å². The van der Waals surface area contributed by atoms with Gasteiger partial charge in [-0.2, -0.15) is 0 Å². The Hall–Kier alpha value is -3.26. The molecular formula is C25H21O2. The molecule has 4 aromatic carbocycles. The van der Waals surface area contributed by atoms with Crippen LogP contribution in [0.5, 0.6) is 11.5 Å². The second kappa shape index (κ2) is 7.16. The Morgan fingerprint density at radius 3 is 1.70 bits per heavy atom. The maximum Gasteiger partial charge on any atom is 0.118 e. The highest BCUT2D eigenvalue weighted by molar-refractivity contribution is 6.05. The number of hydrogen-bond donors (Lipinski definition) is 0. The monoisotopic (exact) mass is 353 g/mol. The molecule has 27 heavy (non-hydrogen) atoms. The zero-order valence-corrected chi connectivity index (χ0v) is 15.7. The summed E-state index contributed by atoms with van der Waals surface area (Å²) in [4.78, 5) is 0. The molecule has 0 bridgehead atoms. The highest BCUT2D eigenvalue weighted by Crippen LogP contribution is 2.40. The summed E-state index contributed by atoms with van der Waals surface area (Å²) in [6.45, 7) is 2.12. The van der Waals surface area contributed by atoms with Crippen LogP contribution in [0.25, 0.3) is 33.0 Å². The first-order valence-electron chi connectivity index (χ1n) is 8.94. The van der Waals surface area contributed by atoms with E-state index in [0.717, 1.165) is 33.8 Å². The van der Waals surface area contributed by atoms with Crippen LogP contribution >= 0.6 is 0 Å². The molecule has 0 saturated carbocycles. The van der Waals surface area contributed by atoms with Gasteiger partial charge in [-0.15, -0.1) is 0 Å². The maximum atomic E-state index is 5.33. The predicted molar refractivity (Wildman–Crippen MR) is 111 cm³/mol. The van der Waals surface area contributed by atoms with Gasteiger partial charge < -0.3 is 9.47 Å². The van der Waals surface area contributed by atoms with Crippen molar-refractivity contribution in [3.63, 3.8) is 0 Å². The number of hydrogen-bond acceptors (Lipinski definition) is 2. The fourth-order valence-electron chi connectivity index (χ4n) is 3.51. The van der Waals surface area contributed by atoms with Gasteiger partial charge in [0.2, 0.25) is 0 Å². The highest BCUT2D eigenvalue weighted by atomic mass is 16.5. The topological polar surface area (TPSA) is 18.5 Å². The summed E-state index contributed by atoms with van der Waals surface area (Å²) in [5.74, 6) is 1.70. The number of fused-ring (bicyclic) bond motifs is 1. The molecule has 0 aliphatic rings. The molecule has 2 heteroatoms. The molecule has 0 aliphatic heterocycles. The third-order valence-corrected chi connectivity index (χ3v) is 4.92. The van der Waals surface area contributed by atoms with Gasteiger partial charge in [0.15, 0.2) is 0 Å². The average Bonchev–Trinajstić information content (AvgIpc) is 2.74. The number of ether oxygens (including phenoxy) is 2. The molecule has 0 aliphatic carbocycles. The maximum absolute atomic E-state index is 5.33. The third kappa shape index (κ3) is 3.15. The largest absolute Gasteiger partial charge is 0.497 e. The molecule has 0 fully saturated rings. The molecule has 0 amide bonds. The minimum Gasteiger partial charge on any atom is -0.497 e. The molecule has 0 N–H and O–H groups in total. The third-order valence-electron chi connectivity index (χ3n) is 4.92. The van der Waals surface area contributed by atoms with Crippen LogP contribution in [0.2, 0.25) is 0 Å². The first kappa shape index (κ1) is 17.2. The van der Waals surface area contributed by atoms with Gasteiger partial charge in [-0.3, -0.25) is 0 Å². The van der Waals surface area contributed by atoms with E-state index in [4.69, 9.17) is 9.47 Å². The van der Waals surface area contributed by atoms with E-state index in [-0.39, 0.29) is 0 Å². The van der Waals surface area contributed by atoms with E-state index in [2.05, 4.69) is 61.5 Å². The summed E-state index contributed by atoms with van der Waals surface area (Å²) < 4.78 is 10.6. The fraction of sp³-hybridized carbons (Fsp3) is 0.120. The summed E-state index contributed by atoms with van der Waals surface area (Å²) >= 11 is 0. The number of benzene rings is 4. The smallest absolute Gasteiger partial charge is 0.118 e. The van der Waals surface area contributed by atoms with E-state index in [9.17, 15) is 0 Å². The second-order valence-electron chi connectivity index (χ2n) is 6.50. The van der Waals surface area contributed by atoms with Crippen LogP contribution in [-0.4, -0.2) is 14.2 Å². The van der Waals surface area contributed by atoms with Crippen molar-refractivity contribution < 1.29 is 9.47 Å². The predicted octanol–water partition coefficient (Wildman–Crippen LogP) is 6.30. The van der Waals surface area contributed by atoms with Crippen molar-refractivity contribution in [2.45, 2.75) is 6.92 Å². The van der Waals surface area contributed by atoms with Crippen molar-refractivity contribution in [3.8, 4) is 33.8 Å². The minimum absolute atomic E-state index is 0.849. The lowest BCUT2D eigenvalue weighted by molar-refractivity contribution is 0.414. The van der Waals surface area contributed by atoms with Crippen LogP contribution in [0, 0.1) is 13.0 Å². The summed E-state index contributed by atoms with van der Waals surface area (Å²) in [5, 5.41) is 2.45. The molecule has 133 valence electrons. The van der Waals surface area contributed by atoms with Crippen LogP contribution in [0.4, 0.5) is 0 Å². The first-order chi connectivity index (χ1) is 13.2. The molecule has 0 atom stereocenters. The zero-order valence-electron chi connectivity index (χ0n) is 15.7. The average molecular weight is 353 g/mol. The van der Waals surface area contributed by atoms with E-state index >= 15 is 0 Å². The van der Waals surface area contributed by atoms with Crippen molar-refractivity contribution in [3.05, 3.63) is 84.4 Å². The van der Waals surface area contributed by atoms with E-state index in [1.54, 1.807) is 14.2 Å². The molecule has 0 spiro atoms. The van der Waals surface area contributed by atoms with Gasteiger partial charge in [0.1, 0.15) is 11.5 Å². The number of aryl methyl sites for hydroxylation is 1. The van der Waals surface area contributed by atoms with Gasteiger partial charge in [-0.05, 0) is 75.8 Å². The Labute approximate surface area is 160 Å². The van der Waals surface area contributed by atoms with Gasteiger partial charge in [-0.25, -0.2) is 0 Å². The number of methoxy groups -OCH3 is 2. The quantitative estimate of drug-likeness (QED) is 0.429. The molecule has 0 saturated heterocycles.